The Labute approximate surface area is 147 Å². The molecule has 1 N–H and O–H groups in total. The largest absolute Gasteiger partial charge is 0.497 e. The smallest absolute Gasteiger partial charge is 0.124 e. The Hall–Kier alpha value is -2.53. The molecule has 1 unspecified atom stereocenters. The topological polar surface area (TPSA) is 50.4 Å². The van der Waals surface area contributed by atoms with Crippen LogP contribution in [-0.4, -0.2) is 34.6 Å². The Kier molecular flexibility index (Phi) is 4.32. The van der Waals surface area contributed by atoms with Crippen LogP contribution in [-0.2, 0) is 13.1 Å². The van der Waals surface area contributed by atoms with E-state index in [0.717, 1.165) is 60.0 Å². The second-order valence-electron chi connectivity index (χ2n) is 6.49. The third-order valence-electron chi connectivity index (χ3n) is 4.68. The van der Waals surface area contributed by atoms with Crippen LogP contribution in [0.3, 0.4) is 0 Å². The molecular weight excluding hydrogens is 314 g/mol. The number of aromatic nitrogens is 2. The summed E-state index contributed by atoms with van der Waals surface area (Å²) in [6.07, 6.45) is 1.15. The molecule has 1 aromatic heterocycles. The predicted molar refractivity (Wildman–Crippen MR) is 97.9 cm³/mol. The molecule has 0 aliphatic carbocycles. The minimum absolute atomic E-state index is 0.180. The summed E-state index contributed by atoms with van der Waals surface area (Å²) in [5, 5.41) is 0. The molecule has 0 spiro atoms. The highest BCUT2D eigenvalue weighted by Crippen LogP contribution is 2.30. The fourth-order valence-corrected chi connectivity index (χ4v) is 3.36. The van der Waals surface area contributed by atoms with Gasteiger partial charge in [0.05, 0.1) is 24.7 Å². The van der Waals surface area contributed by atoms with Gasteiger partial charge in [0.25, 0.3) is 0 Å². The standard InChI is InChI=1S/C20H23N3O2/c1-3-15-12-23(11-14-10-16(24-2)8-9-19(14)25-15)13-20-21-17-6-4-5-7-18(17)22-20/h4-10,15H,3,11-13H2,1-2H3,(H,21,22). The first kappa shape index (κ1) is 16.0. The van der Waals surface area contributed by atoms with Gasteiger partial charge in [-0.1, -0.05) is 19.1 Å². The van der Waals surface area contributed by atoms with Crippen LogP contribution < -0.4 is 9.47 Å². The minimum atomic E-state index is 0.180. The predicted octanol–water partition coefficient (Wildman–Crippen LogP) is 3.74. The van der Waals surface area contributed by atoms with Gasteiger partial charge >= 0.3 is 0 Å². The van der Waals surface area contributed by atoms with Crippen molar-refractivity contribution in [3.63, 3.8) is 0 Å². The summed E-state index contributed by atoms with van der Waals surface area (Å²) in [6, 6.07) is 14.2. The molecule has 4 rings (SSSR count). The van der Waals surface area contributed by atoms with E-state index in [2.05, 4.69) is 28.9 Å². The summed E-state index contributed by atoms with van der Waals surface area (Å²) in [7, 11) is 1.69. The van der Waals surface area contributed by atoms with Gasteiger partial charge in [-0.2, -0.15) is 0 Å². The number of rotatable bonds is 4. The molecule has 1 aliphatic heterocycles. The molecule has 2 aromatic carbocycles. The maximum absolute atomic E-state index is 6.20. The quantitative estimate of drug-likeness (QED) is 0.788. The molecule has 0 fully saturated rings. The van der Waals surface area contributed by atoms with E-state index in [1.54, 1.807) is 7.11 Å². The highest BCUT2D eigenvalue weighted by molar-refractivity contribution is 5.74. The maximum atomic E-state index is 6.20. The fraction of sp³-hybridized carbons (Fsp3) is 0.350. The van der Waals surface area contributed by atoms with E-state index in [4.69, 9.17) is 14.5 Å². The first-order valence-corrected chi connectivity index (χ1v) is 8.74. The van der Waals surface area contributed by atoms with Crippen molar-refractivity contribution in [2.45, 2.75) is 32.5 Å². The molecule has 0 saturated heterocycles. The van der Waals surface area contributed by atoms with E-state index in [0.29, 0.717) is 0 Å². The van der Waals surface area contributed by atoms with Crippen molar-refractivity contribution in [3.8, 4) is 11.5 Å². The molecule has 25 heavy (non-hydrogen) atoms. The number of para-hydroxylation sites is 2. The number of H-pyrrole nitrogens is 1. The normalized spacial score (nSPS) is 17.8. The van der Waals surface area contributed by atoms with Crippen LogP contribution in [0.4, 0.5) is 0 Å². The Balaban J connectivity index is 1.61. The van der Waals surface area contributed by atoms with E-state index < -0.39 is 0 Å². The van der Waals surface area contributed by atoms with Gasteiger partial charge < -0.3 is 14.5 Å². The number of hydrogen-bond acceptors (Lipinski definition) is 4. The molecule has 2 heterocycles. The molecule has 0 radical (unpaired) electrons. The van der Waals surface area contributed by atoms with Crippen LogP contribution in [0.2, 0.25) is 0 Å². The van der Waals surface area contributed by atoms with Crippen molar-refractivity contribution in [2.75, 3.05) is 13.7 Å². The van der Waals surface area contributed by atoms with Crippen molar-refractivity contribution >= 4 is 11.0 Å². The lowest BCUT2D eigenvalue weighted by atomic mass is 10.2. The first-order chi connectivity index (χ1) is 12.2. The van der Waals surface area contributed by atoms with Crippen LogP contribution >= 0.6 is 0 Å². The summed E-state index contributed by atoms with van der Waals surface area (Å²) < 4.78 is 11.6. The lowest BCUT2D eigenvalue weighted by Crippen LogP contribution is -2.32. The zero-order chi connectivity index (χ0) is 17.2. The molecule has 5 heteroatoms. The maximum Gasteiger partial charge on any atom is 0.124 e. The van der Waals surface area contributed by atoms with Crippen molar-refractivity contribution < 1.29 is 9.47 Å². The molecule has 5 nitrogen and oxygen atoms in total. The number of ether oxygens (including phenoxy) is 2. The molecule has 0 saturated carbocycles. The molecule has 0 amide bonds. The van der Waals surface area contributed by atoms with E-state index in [1.807, 2.05) is 30.3 Å². The first-order valence-electron chi connectivity index (χ1n) is 8.74. The van der Waals surface area contributed by atoms with E-state index in [9.17, 15) is 0 Å². The summed E-state index contributed by atoms with van der Waals surface area (Å²) in [5.74, 6) is 2.81. The third kappa shape index (κ3) is 3.33. The number of nitrogens with zero attached hydrogens (tertiary/aromatic N) is 2. The molecular formula is C20H23N3O2. The number of methoxy groups -OCH3 is 1. The van der Waals surface area contributed by atoms with Gasteiger partial charge in [0.2, 0.25) is 0 Å². The van der Waals surface area contributed by atoms with Crippen LogP contribution in [0.25, 0.3) is 11.0 Å². The van der Waals surface area contributed by atoms with Gasteiger partial charge in [0, 0.05) is 18.7 Å². The van der Waals surface area contributed by atoms with E-state index in [1.165, 1.54) is 0 Å². The monoisotopic (exact) mass is 337 g/mol. The fourth-order valence-electron chi connectivity index (χ4n) is 3.36. The third-order valence-corrected chi connectivity index (χ3v) is 4.68. The summed E-state index contributed by atoms with van der Waals surface area (Å²) in [5.41, 5.74) is 3.25. The Morgan fingerprint density at radius 2 is 2.16 bits per heavy atom. The number of aromatic amines is 1. The zero-order valence-electron chi connectivity index (χ0n) is 14.7. The van der Waals surface area contributed by atoms with E-state index >= 15 is 0 Å². The Morgan fingerprint density at radius 3 is 2.96 bits per heavy atom. The van der Waals surface area contributed by atoms with E-state index in [-0.39, 0.29) is 6.10 Å². The second kappa shape index (κ2) is 6.76. The van der Waals surface area contributed by atoms with Gasteiger partial charge in [-0.15, -0.1) is 0 Å². The zero-order valence-corrected chi connectivity index (χ0v) is 14.7. The molecule has 0 bridgehead atoms. The summed E-state index contributed by atoms with van der Waals surface area (Å²) >= 11 is 0. The number of nitrogens with one attached hydrogen (secondary N) is 1. The van der Waals surface area contributed by atoms with Gasteiger partial charge in [-0.05, 0) is 36.8 Å². The second-order valence-corrected chi connectivity index (χ2v) is 6.49. The van der Waals surface area contributed by atoms with Crippen molar-refractivity contribution in [1.29, 1.82) is 0 Å². The van der Waals surface area contributed by atoms with Crippen LogP contribution in [0.1, 0.15) is 24.7 Å². The lowest BCUT2D eigenvalue weighted by Gasteiger charge is -2.22. The molecule has 130 valence electrons. The molecule has 3 aromatic rings. The van der Waals surface area contributed by atoms with Crippen molar-refractivity contribution in [1.82, 2.24) is 14.9 Å². The average Bonchev–Trinajstić information content (AvgIpc) is 2.95. The number of fused-ring (bicyclic) bond motifs is 2. The minimum Gasteiger partial charge on any atom is -0.497 e. The van der Waals surface area contributed by atoms with Crippen LogP contribution in [0.5, 0.6) is 11.5 Å². The lowest BCUT2D eigenvalue weighted by molar-refractivity contribution is 0.138. The summed E-state index contributed by atoms with van der Waals surface area (Å²) in [4.78, 5) is 10.5. The SMILES string of the molecule is CCC1CN(Cc2nc3ccccc3[nH]2)Cc2cc(OC)ccc2O1. The number of imidazole rings is 1. The van der Waals surface area contributed by atoms with Crippen LogP contribution in [0.15, 0.2) is 42.5 Å². The summed E-state index contributed by atoms with van der Waals surface area (Å²) in [6.45, 7) is 4.63. The Bertz CT molecular complexity index is 841. The van der Waals surface area contributed by atoms with Gasteiger partial charge in [-0.25, -0.2) is 4.98 Å². The van der Waals surface area contributed by atoms with Gasteiger partial charge in [0.15, 0.2) is 0 Å². The molecule has 1 atom stereocenters. The van der Waals surface area contributed by atoms with Crippen molar-refractivity contribution in [3.05, 3.63) is 53.9 Å². The number of hydrogen-bond donors (Lipinski definition) is 1. The average molecular weight is 337 g/mol. The number of benzene rings is 2. The highest BCUT2D eigenvalue weighted by Gasteiger charge is 2.23. The van der Waals surface area contributed by atoms with Gasteiger partial charge in [0.1, 0.15) is 23.4 Å². The van der Waals surface area contributed by atoms with Crippen molar-refractivity contribution in [2.24, 2.45) is 0 Å². The Morgan fingerprint density at radius 1 is 1.28 bits per heavy atom. The highest BCUT2D eigenvalue weighted by atomic mass is 16.5. The van der Waals surface area contributed by atoms with Crippen LogP contribution in [0, 0.1) is 0 Å². The molecule has 1 aliphatic rings. The van der Waals surface area contributed by atoms with Gasteiger partial charge in [-0.3, -0.25) is 4.90 Å².